The molecular formula is C21H16Br2N2O2. The van der Waals surface area contributed by atoms with E-state index in [1.54, 1.807) is 30.5 Å². The van der Waals surface area contributed by atoms with E-state index in [4.69, 9.17) is 4.74 Å². The number of hydrogen-bond donors (Lipinski definition) is 1. The van der Waals surface area contributed by atoms with Crippen LogP contribution in [0.1, 0.15) is 21.5 Å². The molecule has 27 heavy (non-hydrogen) atoms. The number of benzene rings is 3. The van der Waals surface area contributed by atoms with Crippen molar-refractivity contribution < 1.29 is 9.53 Å². The van der Waals surface area contributed by atoms with Crippen LogP contribution in [0.5, 0.6) is 5.75 Å². The Bertz CT molecular complexity index is 939. The number of carbonyl (C=O) groups is 1. The molecule has 0 saturated carbocycles. The van der Waals surface area contributed by atoms with Crippen LogP contribution >= 0.6 is 31.9 Å². The van der Waals surface area contributed by atoms with Gasteiger partial charge in [0, 0.05) is 14.5 Å². The first kappa shape index (κ1) is 19.3. The van der Waals surface area contributed by atoms with Gasteiger partial charge in [-0.1, -0.05) is 56.1 Å². The standard InChI is InChI=1S/C21H16Br2N2O2/c22-18-8-4-15(5-9-18)14-27-20-10-6-17(7-11-20)21(26)25-24-13-16-2-1-3-19(23)12-16/h1-13H,14H2,(H,25,26)/b24-13-. The highest BCUT2D eigenvalue weighted by molar-refractivity contribution is 9.10. The Morgan fingerprint density at radius 2 is 1.70 bits per heavy atom. The molecule has 0 aromatic heterocycles. The van der Waals surface area contributed by atoms with E-state index in [1.807, 2.05) is 48.5 Å². The van der Waals surface area contributed by atoms with Crippen LogP contribution in [0.3, 0.4) is 0 Å². The summed E-state index contributed by atoms with van der Waals surface area (Å²) in [7, 11) is 0. The van der Waals surface area contributed by atoms with Crippen molar-refractivity contribution in [3.8, 4) is 5.75 Å². The third-order valence-electron chi connectivity index (χ3n) is 3.66. The van der Waals surface area contributed by atoms with Crippen LogP contribution in [0.15, 0.2) is 86.8 Å². The van der Waals surface area contributed by atoms with E-state index in [1.165, 1.54) is 0 Å². The molecule has 0 aliphatic heterocycles. The highest BCUT2D eigenvalue weighted by Gasteiger charge is 2.04. The lowest BCUT2D eigenvalue weighted by Gasteiger charge is -2.07. The molecule has 1 amide bonds. The van der Waals surface area contributed by atoms with Crippen molar-refractivity contribution in [1.82, 2.24) is 5.43 Å². The fourth-order valence-electron chi connectivity index (χ4n) is 2.27. The maximum absolute atomic E-state index is 12.1. The number of hydrogen-bond acceptors (Lipinski definition) is 3. The lowest BCUT2D eigenvalue weighted by Crippen LogP contribution is -2.17. The summed E-state index contributed by atoms with van der Waals surface area (Å²) in [5, 5.41) is 3.98. The number of nitrogens with zero attached hydrogens (tertiary/aromatic N) is 1. The molecule has 0 radical (unpaired) electrons. The minimum absolute atomic E-state index is 0.277. The number of nitrogens with one attached hydrogen (secondary N) is 1. The molecule has 0 saturated heterocycles. The van der Waals surface area contributed by atoms with Crippen LogP contribution in [0.2, 0.25) is 0 Å². The van der Waals surface area contributed by atoms with Crippen molar-refractivity contribution in [3.05, 3.63) is 98.4 Å². The SMILES string of the molecule is O=C(N/N=C\c1cccc(Br)c1)c1ccc(OCc2ccc(Br)cc2)cc1. The van der Waals surface area contributed by atoms with Crippen molar-refractivity contribution >= 4 is 44.0 Å². The Morgan fingerprint density at radius 3 is 2.41 bits per heavy atom. The number of rotatable bonds is 6. The van der Waals surface area contributed by atoms with E-state index in [0.717, 1.165) is 20.1 Å². The van der Waals surface area contributed by atoms with Crippen LogP contribution in [0.25, 0.3) is 0 Å². The molecule has 6 heteroatoms. The van der Waals surface area contributed by atoms with Crippen LogP contribution in [0.4, 0.5) is 0 Å². The lowest BCUT2D eigenvalue weighted by atomic mass is 10.2. The van der Waals surface area contributed by atoms with Crippen LogP contribution in [-0.4, -0.2) is 12.1 Å². The van der Waals surface area contributed by atoms with Gasteiger partial charge in [-0.25, -0.2) is 5.43 Å². The van der Waals surface area contributed by atoms with E-state index in [9.17, 15) is 4.79 Å². The van der Waals surface area contributed by atoms with Crippen molar-refractivity contribution in [2.45, 2.75) is 6.61 Å². The van der Waals surface area contributed by atoms with E-state index >= 15 is 0 Å². The first-order valence-electron chi connectivity index (χ1n) is 8.16. The number of halogens is 2. The van der Waals surface area contributed by atoms with Gasteiger partial charge in [0.25, 0.3) is 5.91 Å². The minimum atomic E-state index is -0.277. The number of amides is 1. The van der Waals surface area contributed by atoms with E-state index < -0.39 is 0 Å². The maximum atomic E-state index is 12.1. The Labute approximate surface area is 174 Å². The van der Waals surface area contributed by atoms with Crippen molar-refractivity contribution in [2.24, 2.45) is 5.10 Å². The number of carbonyl (C=O) groups excluding carboxylic acids is 1. The van der Waals surface area contributed by atoms with Gasteiger partial charge in [-0.2, -0.15) is 5.10 Å². The maximum Gasteiger partial charge on any atom is 0.271 e. The Kier molecular flexibility index (Phi) is 6.79. The van der Waals surface area contributed by atoms with Gasteiger partial charge in [-0.05, 0) is 59.7 Å². The normalized spacial score (nSPS) is 10.7. The molecule has 3 rings (SSSR count). The first-order valence-corrected chi connectivity index (χ1v) is 9.75. The second kappa shape index (κ2) is 9.48. The second-order valence-corrected chi connectivity index (χ2v) is 7.53. The average Bonchev–Trinajstić information content (AvgIpc) is 2.68. The van der Waals surface area contributed by atoms with Crippen molar-refractivity contribution in [1.29, 1.82) is 0 Å². The molecule has 0 atom stereocenters. The summed E-state index contributed by atoms with van der Waals surface area (Å²) in [6, 6.07) is 22.5. The zero-order valence-electron chi connectivity index (χ0n) is 14.2. The molecule has 136 valence electrons. The van der Waals surface area contributed by atoms with Gasteiger partial charge in [0.05, 0.1) is 6.21 Å². The van der Waals surface area contributed by atoms with Crippen LogP contribution in [0, 0.1) is 0 Å². The van der Waals surface area contributed by atoms with Gasteiger partial charge in [-0.3, -0.25) is 4.79 Å². The van der Waals surface area contributed by atoms with Crippen molar-refractivity contribution in [3.63, 3.8) is 0 Å². The van der Waals surface area contributed by atoms with Gasteiger partial charge in [0.15, 0.2) is 0 Å². The summed E-state index contributed by atoms with van der Waals surface area (Å²) >= 11 is 6.80. The number of hydrazone groups is 1. The highest BCUT2D eigenvalue weighted by Crippen LogP contribution is 2.16. The summed E-state index contributed by atoms with van der Waals surface area (Å²) in [6.07, 6.45) is 1.60. The largest absolute Gasteiger partial charge is 0.489 e. The smallest absolute Gasteiger partial charge is 0.271 e. The quantitative estimate of drug-likeness (QED) is 0.365. The Balaban J connectivity index is 1.53. The van der Waals surface area contributed by atoms with Crippen LogP contribution < -0.4 is 10.2 Å². The minimum Gasteiger partial charge on any atom is -0.489 e. The molecule has 0 heterocycles. The molecule has 0 aliphatic carbocycles. The van der Waals surface area contributed by atoms with Gasteiger partial charge < -0.3 is 4.74 Å². The Morgan fingerprint density at radius 1 is 0.963 bits per heavy atom. The fourth-order valence-corrected chi connectivity index (χ4v) is 2.95. The molecule has 3 aromatic rings. The topological polar surface area (TPSA) is 50.7 Å². The molecule has 3 aromatic carbocycles. The monoisotopic (exact) mass is 486 g/mol. The van der Waals surface area contributed by atoms with E-state index in [0.29, 0.717) is 17.9 Å². The molecule has 1 N–H and O–H groups in total. The highest BCUT2D eigenvalue weighted by atomic mass is 79.9. The molecule has 4 nitrogen and oxygen atoms in total. The van der Waals surface area contributed by atoms with Crippen LogP contribution in [-0.2, 0) is 6.61 Å². The Hall–Kier alpha value is -2.44. The third kappa shape index (κ3) is 6.05. The lowest BCUT2D eigenvalue weighted by molar-refractivity contribution is 0.0955. The summed E-state index contributed by atoms with van der Waals surface area (Å²) in [4.78, 5) is 12.1. The fraction of sp³-hybridized carbons (Fsp3) is 0.0476. The van der Waals surface area contributed by atoms with E-state index in [2.05, 4.69) is 42.4 Å². The predicted octanol–water partition coefficient (Wildman–Crippen LogP) is 5.55. The zero-order chi connectivity index (χ0) is 19.1. The van der Waals surface area contributed by atoms with Crippen molar-refractivity contribution in [2.75, 3.05) is 0 Å². The summed E-state index contributed by atoms with van der Waals surface area (Å²) < 4.78 is 7.72. The third-order valence-corrected chi connectivity index (χ3v) is 4.69. The van der Waals surface area contributed by atoms with E-state index in [-0.39, 0.29) is 5.91 Å². The van der Waals surface area contributed by atoms with Gasteiger partial charge in [0.2, 0.25) is 0 Å². The molecule has 0 spiro atoms. The molecular weight excluding hydrogens is 472 g/mol. The zero-order valence-corrected chi connectivity index (χ0v) is 17.4. The molecule has 0 bridgehead atoms. The second-order valence-electron chi connectivity index (χ2n) is 5.69. The van der Waals surface area contributed by atoms with Gasteiger partial charge in [-0.15, -0.1) is 0 Å². The van der Waals surface area contributed by atoms with Gasteiger partial charge in [0.1, 0.15) is 12.4 Å². The number of ether oxygens (including phenoxy) is 1. The molecule has 0 fully saturated rings. The molecule has 0 unspecified atom stereocenters. The average molecular weight is 488 g/mol. The van der Waals surface area contributed by atoms with Gasteiger partial charge >= 0.3 is 0 Å². The summed E-state index contributed by atoms with van der Waals surface area (Å²) in [5.41, 5.74) is 4.99. The summed E-state index contributed by atoms with van der Waals surface area (Å²) in [5.74, 6) is 0.424. The predicted molar refractivity (Wildman–Crippen MR) is 114 cm³/mol. The summed E-state index contributed by atoms with van der Waals surface area (Å²) in [6.45, 7) is 0.468. The first-order chi connectivity index (χ1) is 13.1. The molecule has 0 aliphatic rings.